The number of ether oxygens (including phenoxy) is 1. The van der Waals surface area contributed by atoms with Crippen molar-refractivity contribution >= 4 is 29.4 Å². The van der Waals surface area contributed by atoms with Gasteiger partial charge in [-0.05, 0) is 32.8 Å². The van der Waals surface area contributed by atoms with E-state index in [0.717, 1.165) is 18.9 Å². The molecule has 0 radical (unpaired) electrons. The smallest absolute Gasteiger partial charge is 0.326 e. The van der Waals surface area contributed by atoms with Crippen LogP contribution in [0.1, 0.15) is 61.3 Å². The van der Waals surface area contributed by atoms with Gasteiger partial charge in [0.25, 0.3) is 23.4 Å². The summed E-state index contributed by atoms with van der Waals surface area (Å²) in [5.41, 5.74) is -0.997. The second-order valence-corrected chi connectivity index (χ2v) is 7.13. The van der Waals surface area contributed by atoms with Crippen LogP contribution < -0.4 is 0 Å². The van der Waals surface area contributed by atoms with Crippen LogP contribution in [0.5, 0.6) is 0 Å². The third kappa shape index (κ3) is 4.47. The second-order valence-electron chi connectivity index (χ2n) is 7.13. The molecule has 0 aliphatic carbocycles. The summed E-state index contributed by atoms with van der Waals surface area (Å²) in [7, 11) is 0. The topological polar surface area (TPSA) is 127 Å². The molecule has 0 fully saturated rings. The molecule has 0 N–H and O–H groups in total. The van der Waals surface area contributed by atoms with Crippen molar-refractivity contribution in [1.29, 1.82) is 0 Å². The molecule has 0 aromatic heterocycles. The standard InChI is InChI=1S/C20H25N3O7/c1-5-12(3)22(13(4)6-2)16(24)11-30-17(25)10-21-19(26)14-8-7-9-15(23(28)29)18(14)20(21)27/h7-9,12-13H,5-6,10-11H2,1-4H3/t12-,13-/m1/s1. The first-order valence-electron chi connectivity index (χ1n) is 9.74. The lowest BCUT2D eigenvalue weighted by Gasteiger charge is -2.33. The van der Waals surface area contributed by atoms with Gasteiger partial charge < -0.3 is 9.64 Å². The van der Waals surface area contributed by atoms with Crippen LogP contribution in [0.15, 0.2) is 18.2 Å². The van der Waals surface area contributed by atoms with E-state index in [2.05, 4.69) is 0 Å². The monoisotopic (exact) mass is 419 g/mol. The van der Waals surface area contributed by atoms with Crippen molar-refractivity contribution in [3.05, 3.63) is 39.4 Å². The van der Waals surface area contributed by atoms with Gasteiger partial charge in [-0.25, -0.2) is 0 Å². The SMILES string of the molecule is CC[C@@H](C)N(C(=O)COC(=O)CN1C(=O)c2cccc([N+](=O)[O-])c2C1=O)[C@H](C)CC. The predicted molar refractivity (Wildman–Crippen MR) is 106 cm³/mol. The summed E-state index contributed by atoms with van der Waals surface area (Å²) in [4.78, 5) is 62.3. The van der Waals surface area contributed by atoms with Crippen molar-refractivity contribution < 1.29 is 28.8 Å². The number of rotatable bonds is 9. The maximum Gasteiger partial charge on any atom is 0.326 e. The fraction of sp³-hybridized carbons (Fsp3) is 0.500. The molecule has 1 aromatic rings. The summed E-state index contributed by atoms with van der Waals surface area (Å²) in [6.07, 6.45) is 1.47. The number of nitro groups is 1. The Morgan fingerprint density at radius 1 is 1.13 bits per heavy atom. The Balaban J connectivity index is 2.06. The van der Waals surface area contributed by atoms with Crippen LogP contribution >= 0.6 is 0 Å². The van der Waals surface area contributed by atoms with Gasteiger partial charge in [-0.1, -0.05) is 19.9 Å². The number of carbonyl (C=O) groups is 4. The van der Waals surface area contributed by atoms with E-state index in [1.165, 1.54) is 12.1 Å². The molecule has 0 saturated carbocycles. The first kappa shape index (κ1) is 23.0. The molecule has 0 saturated heterocycles. The minimum atomic E-state index is -0.950. The Bertz CT molecular complexity index is 873. The highest BCUT2D eigenvalue weighted by molar-refractivity contribution is 6.24. The zero-order valence-electron chi connectivity index (χ0n) is 17.4. The number of nitro benzene ring substituents is 1. The highest BCUT2D eigenvalue weighted by atomic mass is 16.6. The summed E-state index contributed by atoms with van der Waals surface area (Å²) < 4.78 is 5.00. The number of imide groups is 1. The van der Waals surface area contributed by atoms with Gasteiger partial charge in [-0.15, -0.1) is 0 Å². The summed E-state index contributed by atoms with van der Waals surface area (Å²) in [5.74, 6) is -3.08. The van der Waals surface area contributed by atoms with Crippen molar-refractivity contribution in [1.82, 2.24) is 9.80 Å². The summed E-state index contributed by atoms with van der Waals surface area (Å²) >= 11 is 0. The molecule has 1 heterocycles. The van der Waals surface area contributed by atoms with E-state index >= 15 is 0 Å². The number of carbonyl (C=O) groups excluding carboxylic acids is 4. The van der Waals surface area contributed by atoms with E-state index in [4.69, 9.17) is 4.74 Å². The molecule has 30 heavy (non-hydrogen) atoms. The van der Waals surface area contributed by atoms with Crippen molar-refractivity contribution in [2.45, 2.75) is 52.6 Å². The third-order valence-corrected chi connectivity index (χ3v) is 5.24. The van der Waals surface area contributed by atoms with Gasteiger partial charge in [0.1, 0.15) is 12.1 Å². The normalized spacial score (nSPS) is 14.9. The number of nitrogens with zero attached hydrogens (tertiary/aromatic N) is 3. The summed E-state index contributed by atoms with van der Waals surface area (Å²) in [5, 5.41) is 11.1. The van der Waals surface area contributed by atoms with Crippen molar-refractivity contribution in [3.63, 3.8) is 0 Å². The molecule has 10 nitrogen and oxygen atoms in total. The first-order chi connectivity index (χ1) is 14.1. The fourth-order valence-electron chi connectivity index (χ4n) is 3.32. The molecule has 1 aliphatic heterocycles. The van der Waals surface area contributed by atoms with Crippen LogP contribution in [0, 0.1) is 10.1 Å². The van der Waals surface area contributed by atoms with Gasteiger partial charge in [-0.3, -0.25) is 34.2 Å². The van der Waals surface area contributed by atoms with E-state index in [1.807, 2.05) is 27.7 Å². The molecule has 0 spiro atoms. The maximum atomic E-state index is 12.5. The minimum absolute atomic E-state index is 0.0389. The Labute approximate surface area is 173 Å². The second kappa shape index (κ2) is 9.47. The zero-order chi connectivity index (χ0) is 22.6. The number of hydrogen-bond acceptors (Lipinski definition) is 7. The number of hydrogen-bond donors (Lipinski definition) is 0. The quantitative estimate of drug-likeness (QED) is 0.260. The lowest BCUT2D eigenvalue weighted by Crippen LogP contribution is -2.46. The zero-order valence-corrected chi connectivity index (χ0v) is 17.4. The number of fused-ring (bicyclic) bond motifs is 1. The molecule has 0 unspecified atom stereocenters. The average Bonchev–Trinajstić information content (AvgIpc) is 2.96. The van der Waals surface area contributed by atoms with Gasteiger partial charge in [0.15, 0.2) is 6.61 Å². The van der Waals surface area contributed by atoms with Crippen molar-refractivity contribution in [3.8, 4) is 0 Å². The molecular weight excluding hydrogens is 394 g/mol. The molecule has 2 rings (SSSR count). The number of benzene rings is 1. The van der Waals surface area contributed by atoms with Gasteiger partial charge >= 0.3 is 5.97 Å². The number of esters is 1. The van der Waals surface area contributed by atoms with Crippen LogP contribution in [0.2, 0.25) is 0 Å². The van der Waals surface area contributed by atoms with E-state index < -0.39 is 41.5 Å². The van der Waals surface area contributed by atoms with E-state index in [9.17, 15) is 29.3 Å². The Hall–Kier alpha value is -3.30. The average molecular weight is 419 g/mol. The largest absolute Gasteiger partial charge is 0.454 e. The fourth-order valence-corrected chi connectivity index (χ4v) is 3.32. The van der Waals surface area contributed by atoms with Gasteiger partial charge in [0.05, 0.1) is 10.5 Å². The minimum Gasteiger partial charge on any atom is -0.454 e. The summed E-state index contributed by atoms with van der Waals surface area (Å²) in [6, 6.07) is 3.61. The Morgan fingerprint density at radius 2 is 1.73 bits per heavy atom. The van der Waals surface area contributed by atoms with E-state index in [1.54, 1.807) is 4.90 Å². The molecule has 3 amide bonds. The van der Waals surface area contributed by atoms with Gasteiger partial charge in [0, 0.05) is 18.2 Å². The van der Waals surface area contributed by atoms with E-state index in [-0.39, 0.29) is 29.1 Å². The third-order valence-electron chi connectivity index (χ3n) is 5.24. The molecular formula is C20H25N3O7. The lowest BCUT2D eigenvalue weighted by molar-refractivity contribution is -0.385. The molecule has 1 aliphatic rings. The van der Waals surface area contributed by atoms with Crippen molar-refractivity contribution in [2.24, 2.45) is 0 Å². The number of amides is 3. The Morgan fingerprint density at radius 3 is 2.27 bits per heavy atom. The first-order valence-corrected chi connectivity index (χ1v) is 9.74. The molecule has 2 atom stereocenters. The molecule has 10 heteroatoms. The van der Waals surface area contributed by atoms with Crippen LogP contribution in [-0.4, -0.2) is 63.6 Å². The van der Waals surface area contributed by atoms with E-state index in [0.29, 0.717) is 4.90 Å². The van der Waals surface area contributed by atoms with Crippen molar-refractivity contribution in [2.75, 3.05) is 13.2 Å². The highest BCUT2D eigenvalue weighted by Gasteiger charge is 2.42. The lowest BCUT2D eigenvalue weighted by atomic mass is 10.1. The van der Waals surface area contributed by atoms with Gasteiger partial charge in [-0.2, -0.15) is 0 Å². The maximum absolute atomic E-state index is 12.5. The van der Waals surface area contributed by atoms with Crippen LogP contribution in [-0.2, 0) is 14.3 Å². The van der Waals surface area contributed by atoms with Crippen LogP contribution in [0.25, 0.3) is 0 Å². The molecule has 1 aromatic carbocycles. The molecule has 162 valence electrons. The predicted octanol–water partition coefficient (Wildman–Crippen LogP) is 2.16. The van der Waals surface area contributed by atoms with Gasteiger partial charge in [0.2, 0.25) is 0 Å². The Kier molecular flexibility index (Phi) is 7.25. The summed E-state index contributed by atoms with van der Waals surface area (Å²) in [6.45, 7) is 6.44. The van der Waals surface area contributed by atoms with Crippen LogP contribution in [0.4, 0.5) is 5.69 Å². The molecule has 0 bridgehead atoms. The highest BCUT2D eigenvalue weighted by Crippen LogP contribution is 2.30. The van der Waals surface area contributed by atoms with Crippen LogP contribution in [0.3, 0.4) is 0 Å².